The van der Waals surface area contributed by atoms with Gasteiger partial charge >= 0.3 is 0 Å². The van der Waals surface area contributed by atoms with Gasteiger partial charge in [0, 0.05) is 12.4 Å². The maximum atomic E-state index is 12.6. The fourth-order valence-corrected chi connectivity index (χ4v) is 1.51. The Labute approximate surface area is 102 Å². The van der Waals surface area contributed by atoms with Gasteiger partial charge in [0.25, 0.3) is 6.43 Å². The van der Waals surface area contributed by atoms with Crippen LogP contribution in [0.3, 0.4) is 0 Å². The maximum absolute atomic E-state index is 12.6. The van der Waals surface area contributed by atoms with Crippen LogP contribution in [0.15, 0.2) is 18.5 Å². The zero-order chi connectivity index (χ0) is 13.3. The highest BCUT2D eigenvalue weighted by atomic mass is 19.3. The van der Waals surface area contributed by atoms with E-state index in [2.05, 4.69) is 10.1 Å². The highest BCUT2D eigenvalue weighted by Gasteiger charge is 2.18. The molecule has 2 heterocycles. The fraction of sp³-hybridized carbons (Fsp3) is 0.250. The van der Waals surface area contributed by atoms with Crippen molar-refractivity contribution in [1.29, 1.82) is 0 Å². The molecule has 0 aliphatic carbocycles. The van der Waals surface area contributed by atoms with Gasteiger partial charge in [0.15, 0.2) is 12.1 Å². The van der Waals surface area contributed by atoms with E-state index in [1.807, 2.05) is 13.8 Å². The number of alkyl halides is 2. The predicted molar refractivity (Wildman–Crippen MR) is 61.2 cm³/mol. The number of carbonyl (C=O) groups excluding carboxylic acids is 1. The van der Waals surface area contributed by atoms with Gasteiger partial charge in [-0.3, -0.25) is 4.79 Å². The number of nitrogens with zero attached hydrogens (tertiary/aromatic N) is 3. The average molecular weight is 251 g/mol. The van der Waals surface area contributed by atoms with Crippen molar-refractivity contribution < 1.29 is 13.6 Å². The van der Waals surface area contributed by atoms with Gasteiger partial charge in [0.2, 0.25) is 0 Å². The van der Waals surface area contributed by atoms with Gasteiger partial charge < -0.3 is 0 Å². The summed E-state index contributed by atoms with van der Waals surface area (Å²) in [4.78, 5) is 14.8. The summed E-state index contributed by atoms with van der Waals surface area (Å²) in [5.74, 6) is 0.410. The van der Waals surface area contributed by atoms with Crippen LogP contribution in [0.1, 0.15) is 33.6 Å². The number of aromatic nitrogens is 3. The average Bonchev–Trinajstić information content (AvgIpc) is 2.77. The van der Waals surface area contributed by atoms with Crippen molar-refractivity contribution in [2.75, 3.05) is 0 Å². The SMILES string of the molecule is Cc1cnc(-n2cc(C=O)c(C(F)F)n2)cc1C. The minimum Gasteiger partial charge on any atom is -0.298 e. The summed E-state index contributed by atoms with van der Waals surface area (Å²) in [6, 6.07) is 1.73. The lowest BCUT2D eigenvalue weighted by atomic mass is 10.2. The fourth-order valence-electron chi connectivity index (χ4n) is 1.51. The first-order valence-electron chi connectivity index (χ1n) is 5.29. The van der Waals surface area contributed by atoms with Crippen molar-refractivity contribution >= 4 is 6.29 Å². The molecule has 2 rings (SSSR count). The molecule has 0 N–H and O–H groups in total. The molecule has 0 saturated heterocycles. The Morgan fingerprint density at radius 2 is 2.06 bits per heavy atom. The molecule has 0 aromatic carbocycles. The van der Waals surface area contributed by atoms with Gasteiger partial charge in [-0.2, -0.15) is 5.10 Å². The topological polar surface area (TPSA) is 47.8 Å². The molecule has 4 nitrogen and oxygen atoms in total. The number of halogens is 2. The number of rotatable bonds is 3. The molecule has 0 amide bonds. The Hall–Kier alpha value is -2.11. The van der Waals surface area contributed by atoms with Crippen molar-refractivity contribution in [2.24, 2.45) is 0 Å². The van der Waals surface area contributed by atoms with Crippen LogP contribution in [0.4, 0.5) is 8.78 Å². The summed E-state index contributed by atoms with van der Waals surface area (Å²) >= 11 is 0. The summed E-state index contributed by atoms with van der Waals surface area (Å²) in [5.41, 5.74) is 1.33. The summed E-state index contributed by atoms with van der Waals surface area (Å²) in [6.45, 7) is 3.79. The molecule has 0 aliphatic heterocycles. The molecule has 18 heavy (non-hydrogen) atoms. The van der Waals surface area contributed by atoms with E-state index in [0.29, 0.717) is 12.1 Å². The second-order valence-electron chi connectivity index (χ2n) is 3.96. The predicted octanol–water partition coefficient (Wildman–Crippen LogP) is 2.63. The Morgan fingerprint density at radius 3 is 2.56 bits per heavy atom. The van der Waals surface area contributed by atoms with Crippen LogP contribution in [-0.4, -0.2) is 21.1 Å². The number of carbonyl (C=O) groups is 1. The standard InChI is InChI=1S/C12H11F2N3O/c1-7-3-10(15-4-8(7)2)17-5-9(6-18)11(16-17)12(13)14/h3-6,12H,1-2H3. The largest absolute Gasteiger partial charge is 0.298 e. The molecule has 0 aliphatic rings. The second-order valence-corrected chi connectivity index (χ2v) is 3.96. The Balaban J connectivity index is 2.50. The van der Waals surface area contributed by atoms with Crippen LogP contribution in [0.5, 0.6) is 0 Å². The Morgan fingerprint density at radius 1 is 1.33 bits per heavy atom. The van der Waals surface area contributed by atoms with Gasteiger partial charge in [-0.15, -0.1) is 0 Å². The van der Waals surface area contributed by atoms with Crippen molar-refractivity contribution in [3.63, 3.8) is 0 Å². The van der Waals surface area contributed by atoms with E-state index in [0.717, 1.165) is 11.1 Å². The molecule has 0 spiro atoms. The van der Waals surface area contributed by atoms with E-state index in [1.54, 1.807) is 12.3 Å². The summed E-state index contributed by atoms with van der Waals surface area (Å²) in [7, 11) is 0. The number of pyridine rings is 1. The third-order valence-corrected chi connectivity index (χ3v) is 2.70. The molecule has 2 aromatic heterocycles. The normalized spacial score (nSPS) is 10.9. The van der Waals surface area contributed by atoms with Crippen LogP contribution in [0, 0.1) is 13.8 Å². The molecular weight excluding hydrogens is 240 g/mol. The van der Waals surface area contributed by atoms with E-state index >= 15 is 0 Å². The second kappa shape index (κ2) is 4.64. The number of hydrogen-bond acceptors (Lipinski definition) is 3. The first-order chi connectivity index (χ1) is 8.52. The van der Waals surface area contributed by atoms with Crippen molar-refractivity contribution in [1.82, 2.24) is 14.8 Å². The molecule has 0 unspecified atom stereocenters. The van der Waals surface area contributed by atoms with E-state index in [4.69, 9.17) is 0 Å². The van der Waals surface area contributed by atoms with Gasteiger partial charge in [-0.1, -0.05) is 0 Å². The molecule has 6 heteroatoms. The Bertz CT molecular complexity index is 593. The van der Waals surface area contributed by atoms with E-state index in [9.17, 15) is 13.6 Å². The quantitative estimate of drug-likeness (QED) is 0.788. The number of aryl methyl sites for hydroxylation is 2. The molecule has 0 atom stereocenters. The third kappa shape index (κ3) is 2.13. The number of aldehydes is 1. The first kappa shape index (κ1) is 12.3. The molecule has 0 bridgehead atoms. The van der Waals surface area contributed by atoms with Crippen LogP contribution in [0.2, 0.25) is 0 Å². The zero-order valence-electron chi connectivity index (χ0n) is 9.89. The molecular formula is C12H11F2N3O. The monoisotopic (exact) mass is 251 g/mol. The lowest BCUT2D eigenvalue weighted by molar-refractivity contribution is 0.110. The molecule has 2 aromatic rings. The maximum Gasteiger partial charge on any atom is 0.282 e. The minimum atomic E-state index is -2.78. The van der Waals surface area contributed by atoms with Crippen LogP contribution in [0.25, 0.3) is 5.82 Å². The van der Waals surface area contributed by atoms with E-state index in [-0.39, 0.29) is 5.56 Å². The van der Waals surface area contributed by atoms with Gasteiger partial charge in [-0.25, -0.2) is 18.4 Å². The van der Waals surface area contributed by atoms with Gasteiger partial charge in [-0.05, 0) is 31.0 Å². The summed E-state index contributed by atoms with van der Waals surface area (Å²) in [6.07, 6.45) is 0.477. The van der Waals surface area contributed by atoms with Crippen LogP contribution in [-0.2, 0) is 0 Å². The smallest absolute Gasteiger partial charge is 0.282 e. The summed E-state index contributed by atoms with van der Waals surface area (Å²) < 4.78 is 26.5. The van der Waals surface area contributed by atoms with Crippen LogP contribution < -0.4 is 0 Å². The number of hydrogen-bond donors (Lipinski definition) is 0. The van der Waals surface area contributed by atoms with Crippen molar-refractivity contribution in [2.45, 2.75) is 20.3 Å². The third-order valence-electron chi connectivity index (χ3n) is 2.70. The van der Waals surface area contributed by atoms with Crippen molar-refractivity contribution in [3.05, 3.63) is 40.8 Å². The highest BCUT2D eigenvalue weighted by molar-refractivity contribution is 5.76. The molecule has 0 saturated carbocycles. The zero-order valence-corrected chi connectivity index (χ0v) is 9.89. The minimum absolute atomic E-state index is 0.120. The van der Waals surface area contributed by atoms with Gasteiger partial charge in [0.1, 0.15) is 5.69 Å². The molecule has 0 radical (unpaired) electrons. The highest BCUT2D eigenvalue weighted by Crippen LogP contribution is 2.21. The Kier molecular flexibility index (Phi) is 3.18. The lowest BCUT2D eigenvalue weighted by Gasteiger charge is -2.03. The van der Waals surface area contributed by atoms with Gasteiger partial charge in [0.05, 0.1) is 5.56 Å². The van der Waals surface area contributed by atoms with E-state index < -0.39 is 12.1 Å². The van der Waals surface area contributed by atoms with E-state index in [1.165, 1.54) is 10.9 Å². The molecule has 94 valence electrons. The van der Waals surface area contributed by atoms with Crippen molar-refractivity contribution in [3.8, 4) is 5.82 Å². The van der Waals surface area contributed by atoms with Crippen LogP contribution >= 0.6 is 0 Å². The first-order valence-corrected chi connectivity index (χ1v) is 5.29. The molecule has 0 fully saturated rings. The lowest BCUT2D eigenvalue weighted by Crippen LogP contribution is -2.00. The summed E-state index contributed by atoms with van der Waals surface area (Å²) in [5, 5.41) is 3.69.